The van der Waals surface area contributed by atoms with Gasteiger partial charge in [-0.15, -0.1) is 0 Å². The Morgan fingerprint density at radius 1 is 1.25 bits per heavy atom. The van der Waals surface area contributed by atoms with Crippen molar-refractivity contribution in [2.75, 3.05) is 0 Å². The van der Waals surface area contributed by atoms with Crippen molar-refractivity contribution in [2.45, 2.75) is 37.6 Å². The third kappa shape index (κ3) is 2.77. The van der Waals surface area contributed by atoms with Gasteiger partial charge in [0, 0.05) is 0 Å². The third-order valence-electron chi connectivity index (χ3n) is 3.66. The topological polar surface area (TPSA) is 66.4 Å². The number of aliphatic carboxylic acids is 1. The summed E-state index contributed by atoms with van der Waals surface area (Å²) in [4.78, 5) is 23.6. The summed E-state index contributed by atoms with van der Waals surface area (Å²) < 4.78 is 13.7. The molecule has 0 atom stereocenters. The van der Waals surface area contributed by atoms with Gasteiger partial charge in [0.25, 0.3) is 5.91 Å². The first-order valence-electron chi connectivity index (χ1n) is 6.46. The molecule has 0 bridgehead atoms. The molecule has 1 aliphatic carbocycles. The van der Waals surface area contributed by atoms with Crippen LogP contribution in [0.25, 0.3) is 0 Å². The predicted octanol–water partition coefficient (Wildman–Crippen LogP) is 3.00. The lowest BCUT2D eigenvalue weighted by Gasteiger charge is -2.34. The fraction of sp³-hybridized carbons (Fsp3) is 0.429. The SMILES string of the molecule is O=C(NC1(C(=O)O)CCCCC1)c1c(F)cccc1Cl. The summed E-state index contributed by atoms with van der Waals surface area (Å²) >= 11 is 5.82. The van der Waals surface area contributed by atoms with Crippen LogP contribution in [0.5, 0.6) is 0 Å². The quantitative estimate of drug-likeness (QED) is 0.901. The molecule has 0 radical (unpaired) electrons. The second kappa shape index (κ2) is 5.79. The molecule has 1 fully saturated rings. The minimum absolute atomic E-state index is 0.0288. The highest BCUT2D eigenvalue weighted by atomic mass is 35.5. The van der Waals surface area contributed by atoms with Crippen LogP contribution in [0.4, 0.5) is 4.39 Å². The number of benzene rings is 1. The lowest BCUT2D eigenvalue weighted by molar-refractivity contribution is -0.145. The molecule has 0 aromatic heterocycles. The van der Waals surface area contributed by atoms with Crippen LogP contribution < -0.4 is 5.32 Å². The maximum atomic E-state index is 13.7. The Bertz CT molecular complexity index is 521. The van der Waals surface area contributed by atoms with Crippen LogP contribution >= 0.6 is 11.6 Å². The van der Waals surface area contributed by atoms with E-state index in [0.29, 0.717) is 12.8 Å². The van der Waals surface area contributed by atoms with Gasteiger partial charge in [-0.2, -0.15) is 0 Å². The van der Waals surface area contributed by atoms with Gasteiger partial charge in [-0.25, -0.2) is 9.18 Å². The van der Waals surface area contributed by atoms with Gasteiger partial charge in [-0.1, -0.05) is 36.9 Å². The van der Waals surface area contributed by atoms with E-state index >= 15 is 0 Å². The predicted molar refractivity (Wildman–Crippen MR) is 72.3 cm³/mol. The Kier molecular flexibility index (Phi) is 4.28. The highest BCUT2D eigenvalue weighted by molar-refractivity contribution is 6.33. The number of halogens is 2. The molecule has 20 heavy (non-hydrogen) atoms. The van der Waals surface area contributed by atoms with E-state index in [1.54, 1.807) is 0 Å². The molecule has 0 aliphatic heterocycles. The zero-order valence-corrected chi connectivity index (χ0v) is 11.5. The van der Waals surface area contributed by atoms with Crippen molar-refractivity contribution in [2.24, 2.45) is 0 Å². The number of carbonyl (C=O) groups is 2. The van der Waals surface area contributed by atoms with Crippen LogP contribution in [0.15, 0.2) is 18.2 Å². The molecule has 6 heteroatoms. The summed E-state index contributed by atoms with van der Waals surface area (Å²) in [5.41, 5.74) is -1.62. The molecule has 4 nitrogen and oxygen atoms in total. The van der Waals surface area contributed by atoms with Gasteiger partial charge in [0.15, 0.2) is 0 Å². The summed E-state index contributed by atoms with van der Waals surface area (Å²) in [6.45, 7) is 0. The molecular weight excluding hydrogens is 285 g/mol. The van der Waals surface area contributed by atoms with Gasteiger partial charge < -0.3 is 10.4 Å². The van der Waals surface area contributed by atoms with E-state index < -0.39 is 23.2 Å². The van der Waals surface area contributed by atoms with E-state index in [1.165, 1.54) is 12.1 Å². The average Bonchev–Trinajstić information content (AvgIpc) is 2.39. The number of amides is 1. The molecule has 2 rings (SSSR count). The van der Waals surface area contributed by atoms with Crippen molar-refractivity contribution in [3.8, 4) is 0 Å². The second-order valence-corrected chi connectivity index (χ2v) is 5.41. The number of carboxylic acids is 1. The summed E-state index contributed by atoms with van der Waals surface area (Å²) in [7, 11) is 0. The molecule has 108 valence electrons. The molecule has 0 unspecified atom stereocenters. The largest absolute Gasteiger partial charge is 0.480 e. The lowest BCUT2D eigenvalue weighted by Crippen LogP contribution is -2.55. The average molecular weight is 300 g/mol. The molecule has 1 aromatic rings. The van der Waals surface area contributed by atoms with Crippen molar-refractivity contribution in [3.05, 3.63) is 34.6 Å². The number of rotatable bonds is 3. The van der Waals surface area contributed by atoms with E-state index in [-0.39, 0.29) is 10.6 Å². The standard InChI is InChI=1S/C14H15ClFNO3/c15-9-5-4-6-10(16)11(9)12(18)17-14(13(19)20)7-2-1-3-8-14/h4-6H,1-3,7-8H2,(H,17,18)(H,19,20). The molecule has 1 saturated carbocycles. The Hall–Kier alpha value is -1.62. The highest BCUT2D eigenvalue weighted by Crippen LogP contribution is 2.29. The Labute approximate surface area is 120 Å². The van der Waals surface area contributed by atoms with E-state index in [1.807, 2.05) is 0 Å². The summed E-state index contributed by atoms with van der Waals surface area (Å²) in [5, 5.41) is 11.8. The Morgan fingerprint density at radius 2 is 1.90 bits per heavy atom. The summed E-state index contributed by atoms with van der Waals surface area (Å²) in [6, 6.07) is 3.91. The van der Waals surface area contributed by atoms with Gasteiger partial charge in [-0.05, 0) is 25.0 Å². The maximum absolute atomic E-state index is 13.7. The smallest absolute Gasteiger partial charge is 0.329 e. The minimum atomic E-state index is -1.32. The minimum Gasteiger partial charge on any atom is -0.480 e. The second-order valence-electron chi connectivity index (χ2n) is 5.00. The molecule has 1 amide bonds. The number of nitrogens with one attached hydrogen (secondary N) is 1. The van der Waals surface area contributed by atoms with Crippen LogP contribution in [0.2, 0.25) is 5.02 Å². The summed E-state index contributed by atoms with van der Waals surface area (Å²) in [5.74, 6) is -2.62. The van der Waals surface area contributed by atoms with Gasteiger partial charge in [-0.3, -0.25) is 4.79 Å². The number of hydrogen-bond acceptors (Lipinski definition) is 2. The zero-order chi connectivity index (χ0) is 14.8. The van der Waals surface area contributed by atoms with Gasteiger partial charge in [0.1, 0.15) is 11.4 Å². The van der Waals surface area contributed by atoms with Crippen LogP contribution in [-0.2, 0) is 4.79 Å². The first kappa shape index (κ1) is 14.8. The van der Waals surface area contributed by atoms with Crippen molar-refractivity contribution in [3.63, 3.8) is 0 Å². The van der Waals surface area contributed by atoms with Gasteiger partial charge >= 0.3 is 5.97 Å². The molecule has 0 spiro atoms. The normalized spacial score (nSPS) is 17.5. The molecule has 2 N–H and O–H groups in total. The van der Waals surface area contributed by atoms with Crippen molar-refractivity contribution in [1.29, 1.82) is 0 Å². The number of carbonyl (C=O) groups excluding carboxylic acids is 1. The Balaban J connectivity index is 2.27. The van der Waals surface area contributed by atoms with E-state index in [4.69, 9.17) is 11.6 Å². The van der Waals surface area contributed by atoms with Gasteiger partial charge in [0.05, 0.1) is 10.6 Å². The van der Waals surface area contributed by atoms with Crippen LogP contribution in [0.1, 0.15) is 42.5 Å². The van der Waals surface area contributed by atoms with Gasteiger partial charge in [0.2, 0.25) is 0 Å². The van der Waals surface area contributed by atoms with Crippen molar-refractivity contribution < 1.29 is 19.1 Å². The fourth-order valence-corrected chi connectivity index (χ4v) is 2.79. The number of carboxylic acid groups (broad SMARTS) is 1. The fourth-order valence-electron chi connectivity index (χ4n) is 2.54. The van der Waals surface area contributed by atoms with Crippen LogP contribution in [0.3, 0.4) is 0 Å². The first-order chi connectivity index (χ1) is 9.46. The summed E-state index contributed by atoms with van der Waals surface area (Å²) in [6.07, 6.45) is 3.07. The molecule has 0 saturated heterocycles. The number of hydrogen-bond donors (Lipinski definition) is 2. The monoisotopic (exact) mass is 299 g/mol. The third-order valence-corrected chi connectivity index (χ3v) is 3.97. The van der Waals surface area contributed by atoms with E-state index in [9.17, 15) is 19.1 Å². The molecular formula is C14H15ClFNO3. The van der Waals surface area contributed by atoms with Crippen molar-refractivity contribution in [1.82, 2.24) is 5.32 Å². The molecule has 1 aromatic carbocycles. The maximum Gasteiger partial charge on any atom is 0.329 e. The zero-order valence-electron chi connectivity index (χ0n) is 10.8. The lowest BCUT2D eigenvalue weighted by atomic mass is 9.81. The van der Waals surface area contributed by atoms with Crippen LogP contribution in [0, 0.1) is 5.82 Å². The van der Waals surface area contributed by atoms with E-state index in [2.05, 4.69) is 5.32 Å². The first-order valence-corrected chi connectivity index (χ1v) is 6.84. The highest BCUT2D eigenvalue weighted by Gasteiger charge is 2.41. The molecule has 1 aliphatic rings. The Morgan fingerprint density at radius 3 is 2.45 bits per heavy atom. The van der Waals surface area contributed by atoms with E-state index in [0.717, 1.165) is 25.3 Å². The van der Waals surface area contributed by atoms with Crippen LogP contribution in [-0.4, -0.2) is 22.5 Å². The molecule has 0 heterocycles. The van der Waals surface area contributed by atoms with Crippen molar-refractivity contribution >= 4 is 23.5 Å².